The molecule has 1 aromatic rings. The highest BCUT2D eigenvalue weighted by atomic mass is 35.5. The van der Waals surface area contributed by atoms with Gasteiger partial charge in [-0.3, -0.25) is 9.59 Å². The molecule has 0 aliphatic heterocycles. The predicted molar refractivity (Wildman–Crippen MR) is 81.9 cm³/mol. The fourth-order valence-electron chi connectivity index (χ4n) is 2.39. The minimum Gasteiger partial charge on any atom is -0.328 e. The third kappa shape index (κ3) is 4.68. The minimum absolute atomic E-state index is 0. The van der Waals surface area contributed by atoms with Gasteiger partial charge in [-0.1, -0.05) is 0 Å². The predicted octanol–water partition coefficient (Wildman–Crippen LogP) is 2.27. The van der Waals surface area contributed by atoms with Crippen LogP contribution in [-0.4, -0.2) is 17.9 Å². The highest BCUT2D eigenvalue weighted by molar-refractivity contribution is 5.94. The molecule has 2 unspecified atom stereocenters. The molecule has 2 atom stereocenters. The number of benzene rings is 1. The van der Waals surface area contributed by atoms with E-state index in [4.69, 9.17) is 5.73 Å². The fraction of sp³-hybridized carbons (Fsp3) is 0.429. The second-order valence-corrected chi connectivity index (χ2v) is 5.14. The van der Waals surface area contributed by atoms with Gasteiger partial charge in [-0.25, -0.2) is 4.39 Å². The normalized spacial score (nSPS) is 20.5. The Morgan fingerprint density at radius 3 is 2.57 bits per heavy atom. The number of carbonyl (C=O) groups is 2. The number of nitrogens with two attached hydrogens (primary N) is 1. The van der Waals surface area contributed by atoms with E-state index in [9.17, 15) is 14.0 Å². The largest absolute Gasteiger partial charge is 0.328 e. The van der Waals surface area contributed by atoms with Crippen LogP contribution in [0.25, 0.3) is 0 Å². The van der Waals surface area contributed by atoms with Crippen LogP contribution in [0, 0.1) is 11.7 Å². The Morgan fingerprint density at radius 2 is 2.00 bits per heavy atom. The van der Waals surface area contributed by atoms with E-state index in [1.165, 1.54) is 25.1 Å². The van der Waals surface area contributed by atoms with E-state index in [1.807, 2.05) is 0 Å². The van der Waals surface area contributed by atoms with Crippen molar-refractivity contribution in [3.8, 4) is 0 Å². The van der Waals surface area contributed by atoms with Gasteiger partial charge in [0, 0.05) is 24.6 Å². The molecule has 5 nitrogen and oxygen atoms in total. The van der Waals surface area contributed by atoms with E-state index in [0.29, 0.717) is 12.1 Å². The van der Waals surface area contributed by atoms with Crippen LogP contribution in [0.2, 0.25) is 0 Å². The number of halogens is 2. The molecule has 0 heterocycles. The van der Waals surface area contributed by atoms with E-state index in [1.54, 1.807) is 0 Å². The standard InChI is InChI=1S/C14H18FN3O2.ClH/c1-8(19)17-13-7-11(4-5-12(13)15)18-14(20)9-2-3-10(16)6-9;/h4-5,7,9-10H,2-3,6,16H2,1H3,(H,17,19)(H,18,20);1H. The number of hydrogen-bond donors (Lipinski definition) is 3. The molecule has 1 aliphatic rings. The summed E-state index contributed by atoms with van der Waals surface area (Å²) in [5.41, 5.74) is 6.29. The van der Waals surface area contributed by atoms with Crippen molar-refractivity contribution in [2.75, 3.05) is 10.6 Å². The van der Waals surface area contributed by atoms with Crippen LogP contribution in [0.1, 0.15) is 26.2 Å². The molecule has 2 rings (SSSR count). The quantitative estimate of drug-likeness (QED) is 0.800. The van der Waals surface area contributed by atoms with E-state index in [2.05, 4.69) is 10.6 Å². The number of nitrogens with one attached hydrogen (secondary N) is 2. The summed E-state index contributed by atoms with van der Waals surface area (Å²) in [7, 11) is 0. The summed E-state index contributed by atoms with van der Waals surface area (Å²) in [6.45, 7) is 1.30. The summed E-state index contributed by atoms with van der Waals surface area (Å²) in [6.07, 6.45) is 2.29. The molecule has 1 aliphatic carbocycles. The van der Waals surface area contributed by atoms with Crippen molar-refractivity contribution < 1.29 is 14.0 Å². The SMILES string of the molecule is CC(=O)Nc1cc(NC(=O)C2CCC(N)C2)ccc1F.Cl. The van der Waals surface area contributed by atoms with Crippen molar-refractivity contribution in [3.63, 3.8) is 0 Å². The van der Waals surface area contributed by atoms with Crippen molar-refractivity contribution >= 4 is 35.6 Å². The number of anilines is 2. The maximum absolute atomic E-state index is 13.5. The maximum atomic E-state index is 13.5. The molecular weight excluding hydrogens is 297 g/mol. The van der Waals surface area contributed by atoms with Gasteiger partial charge in [-0.2, -0.15) is 0 Å². The van der Waals surface area contributed by atoms with Gasteiger partial charge in [0.15, 0.2) is 0 Å². The highest BCUT2D eigenvalue weighted by Gasteiger charge is 2.27. The van der Waals surface area contributed by atoms with Crippen molar-refractivity contribution in [2.45, 2.75) is 32.2 Å². The fourth-order valence-corrected chi connectivity index (χ4v) is 2.39. The smallest absolute Gasteiger partial charge is 0.227 e. The Bertz CT molecular complexity index is 539. The average molecular weight is 316 g/mol. The Hall–Kier alpha value is -1.66. The summed E-state index contributed by atoms with van der Waals surface area (Å²) in [5.74, 6) is -1.12. The average Bonchev–Trinajstić information content (AvgIpc) is 2.79. The molecule has 4 N–H and O–H groups in total. The second kappa shape index (κ2) is 7.38. The van der Waals surface area contributed by atoms with E-state index < -0.39 is 5.82 Å². The van der Waals surface area contributed by atoms with Crippen LogP contribution in [0.3, 0.4) is 0 Å². The lowest BCUT2D eigenvalue weighted by molar-refractivity contribution is -0.119. The summed E-state index contributed by atoms with van der Waals surface area (Å²) >= 11 is 0. The molecular formula is C14H19ClFN3O2. The van der Waals surface area contributed by atoms with Crippen LogP contribution >= 0.6 is 12.4 Å². The van der Waals surface area contributed by atoms with Crippen molar-refractivity contribution in [2.24, 2.45) is 11.7 Å². The number of hydrogen-bond acceptors (Lipinski definition) is 3. The van der Waals surface area contributed by atoms with Gasteiger partial charge in [0.2, 0.25) is 11.8 Å². The Morgan fingerprint density at radius 1 is 1.29 bits per heavy atom. The summed E-state index contributed by atoms with van der Waals surface area (Å²) < 4.78 is 13.5. The Kier molecular flexibility index (Phi) is 6.11. The van der Waals surface area contributed by atoms with Crippen molar-refractivity contribution in [1.82, 2.24) is 0 Å². The van der Waals surface area contributed by atoms with Gasteiger partial charge in [-0.05, 0) is 37.5 Å². The monoisotopic (exact) mass is 315 g/mol. The van der Waals surface area contributed by atoms with Gasteiger partial charge in [-0.15, -0.1) is 12.4 Å². The number of carbonyl (C=O) groups excluding carboxylic acids is 2. The van der Waals surface area contributed by atoms with Gasteiger partial charge < -0.3 is 16.4 Å². The first-order valence-electron chi connectivity index (χ1n) is 6.59. The molecule has 0 saturated heterocycles. The van der Waals surface area contributed by atoms with E-state index in [0.717, 1.165) is 12.8 Å². The summed E-state index contributed by atoms with van der Waals surface area (Å²) in [6, 6.07) is 4.16. The van der Waals surface area contributed by atoms with E-state index >= 15 is 0 Å². The number of amides is 2. The van der Waals surface area contributed by atoms with E-state index in [-0.39, 0.29) is 41.9 Å². The zero-order chi connectivity index (χ0) is 14.7. The zero-order valence-corrected chi connectivity index (χ0v) is 12.5. The molecule has 0 bridgehead atoms. The Labute approximate surface area is 128 Å². The second-order valence-electron chi connectivity index (χ2n) is 5.14. The van der Waals surface area contributed by atoms with Crippen LogP contribution in [0.5, 0.6) is 0 Å². The third-order valence-electron chi connectivity index (χ3n) is 3.39. The molecule has 1 fully saturated rings. The molecule has 116 valence electrons. The lowest BCUT2D eigenvalue weighted by Crippen LogP contribution is -2.23. The molecule has 2 amide bonds. The maximum Gasteiger partial charge on any atom is 0.227 e. The highest BCUT2D eigenvalue weighted by Crippen LogP contribution is 2.26. The van der Waals surface area contributed by atoms with Gasteiger partial charge in [0.05, 0.1) is 5.69 Å². The lowest BCUT2D eigenvalue weighted by Gasteiger charge is -2.12. The number of rotatable bonds is 3. The molecule has 1 saturated carbocycles. The third-order valence-corrected chi connectivity index (χ3v) is 3.39. The first-order chi connectivity index (χ1) is 9.45. The van der Waals surface area contributed by atoms with Crippen LogP contribution < -0.4 is 16.4 Å². The summed E-state index contributed by atoms with van der Waals surface area (Å²) in [4.78, 5) is 23.0. The van der Waals surface area contributed by atoms with Crippen LogP contribution in [0.4, 0.5) is 15.8 Å². The Balaban J connectivity index is 0.00000220. The van der Waals surface area contributed by atoms with Crippen LogP contribution in [0.15, 0.2) is 18.2 Å². The zero-order valence-electron chi connectivity index (χ0n) is 11.7. The molecule has 7 heteroatoms. The molecule has 1 aromatic carbocycles. The molecule has 0 spiro atoms. The molecule has 0 aromatic heterocycles. The minimum atomic E-state index is -0.541. The molecule has 21 heavy (non-hydrogen) atoms. The molecule has 0 radical (unpaired) electrons. The van der Waals surface area contributed by atoms with Gasteiger partial charge >= 0.3 is 0 Å². The topological polar surface area (TPSA) is 84.2 Å². The van der Waals surface area contributed by atoms with Gasteiger partial charge in [0.1, 0.15) is 5.82 Å². The van der Waals surface area contributed by atoms with Crippen molar-refractivity contribution in [3.05, 3.63) is 24.0 Å². The first kappa shape index (κ1) is 17.4. The summed E-state index contributed by atoms with van der Waals surface area (Å²) in [5, 5.41) is 5.11. The van der Waals surface area contributed by atoms with Crippen molar-refractivity contribution in [1.29, 1.82) is 0 Å². The first-order valence-corrected chi connectivity index (χ1v) is 6.59. The van der Waals surface area contributed by atoms with Gasteiger partial charge in [0.25, 0.3) is 0 Å². The lowest BCUT2D eigenvalue weighted by atomic mass is 10.1. The van der Waals surface area contributed by atoms with Crippen LogP contribution in [-0.2, 0) is 9.59 Å².